The molecular formula is C33H38ClN5O3S. The molecule has 5 rings (SSSR count). The number of anilines is 1. The molecule has 0 fully saturated rings. The third-order valence-corrected chi connectivity index (χ3v) is 8.48. The second-order valence-corrected chi connectivity index (χ2v) is 13.6. The fraction of sp³-hybridized carbons (Fsp3) is 0.364. The summed E-state index contributed by atoms with van der Waals surface area (Å²) in [5.41, 5.74) is 5.45. The second kappa shape index (κ2) is 12.2. The molecule has 8 nitrogen and oxygen atoms in total. The van der Waals surface area contributed by atoms with Crippen molar-refractivity contribution in [1.29, 1.82) is 0 Å². The average molecular weight is 620 g/mol. The summed E-state index contributed by atoms with van der Waals surface area (Å²) in [6, 6.07) is 16.1. The fourth-order valence-corrected chi connectivity index (χ4v) is 6.54. The lowest BCUT2D eigenvalue weighted by Gasteiger charge is -2.28. The molecule has 0 aliphatic carbocycles. The van der Waals surface area contributed by atoms with Crippen LogP contribution in [0.5, 0.6) is 0 Å². The van der Waals surface area contributed by atoms with Crippen molar-refractivity contribution in [3.8, 4) is 11.1 Å². The molecule has 0 saturated carbocycles. The van der Waals surface area contributed by atoms with Gasteiger partial charge in [-0.3, -0.25) is 4.68 Å². The SMILES string of the molecule is Cc1cc2nc(NCC(NC(C)C)c3ccc4c(cnn4C)c3)sc2c(-c2ccc(Cl)cc2)c1[C@H](OC(C)(C)C)C(=O)O. The van der Waals surface area contributed by atoms with Gasteiger partial charge in [-0.05, 0) is 74.7 Å². The number of aryl methyl sites for hydroxylation is 2. The molecule has 0 spiro atoms. The molecule has 2 aromatic heterocycles. The Hall–Kier alpha value is -3.50. The van der Waals surface area contributed by atoms with Gasteiger partial charge < -0.3 is 20.5 Å². The summed E-state index contributed by atoms with van der Waals surface area (Å²) in [6.07, 6.45) is 0.730. The van der Waals surface area contributed by atoms with Crippen LogP contribution in [0.3, 0.4) is 0 Å². The number of carbonyl (C=O) groups is 1. The highest BCUT2D eigenvalue weighted by Crippen LogP contribution is 2.43. The van der Waals surface area contributed by atoms with Crippen LogP contribution in [0.1, 0.15) is 63.5 Å². The topological polar surface area (TPSA) is 101 Å². The number of carboxylic acids is 1. The van der Waals surface area contributed by atoms with Crippen molar-refractivity contribution >= 4 is 55.2 Å². The van der Waals surface area contributed by atoms with Gasteiger partial charge in [0.15, 0.2) is 11.2 Å². The van der Waals surface area contributed by atoms with Crippen LogP contribution in [0.4, 0.5) is 5.13 Å². The quantitative estimate of drug-likeness (QED) is 0.146. The Morgan fingerprint density at radius 2 is 1.86 bits per heavy atom. The first kappa shape index (κ1) is 30.9. The van der Waals surface area contributed by atoms with E-state index in [0.29, 0.717) is 17.1 Å². The zero-order valence-corrected chi connectivity index (χ0v) is 27.1. The maximum Gasteiger partial charge on any atom is 0.337 e. The van der Waals surface area contributed by atoms with Crippen molar-refractivity contribution < 1.29 is 14.6 Å². The lowest BCUT2D eigenvalue weighted by atomic mass is 9.91. The molecule has 0 aliphatic rings. The van der Waals surface area contributed by atoms with Crippen LogP contribution in [0, 0.1) is 6.92 Å². The molecule has 2 atom stereocenters. The van der Waals surface area contributed by atoms with Crippen LogP contribution in [0.25, 0.3) is 32.2 Å². The Morgan fingerprint density at radius 1 is 1.14 bits per heavy atom. The van der Waals surface area contributed by atoms with Crippen molar-refractivity contribution in [3.63, 3.8) is 0 Å². The van der Waals surface area contributed by atoms with E-state index in [1.165, 1.54) is 11.3 Å². The Kier molecular flexibility index (Phi) is 8.81. The van der Waals surface area contributed by atoms with E-state index in [9.17, 15) is 9.90 Å². The number of halogens is 1. The minimum atomic E-state index is -1.16. The third kappa shape index (κ3) is 6.86. The number of rotatable bonds is 10. The molecule has 0 radical (unpaired) electrons. The maximum absolute atomic E-state index is 12.6. The van der Waals surface area contributed by atoms with Crippen LogP contribution in [-0.2, 0) is 16.6 Å². The summed E-state index contributed by atoms with van der Waals surface area (Å²) in [6.45, 7) is 12.4. The zero-order valence-electron chi connectivity index (χ0n) is 25.5. The predicted molar refractivity (Wildman–Crippen MR) is 176 cm³/mol. The molecule has 0 amide bonds. The molecule has 5 aromatic rings. The van der Waals surface area contributed by atoms with Gasteiger partial charge >= 0.3 is 5.97 Å². The molecule has 1 unspecified atom stereocenters. The summed E-state index contributed by atoms with van der Waals surface area (Å²) >= 11 is 7.74. The highest BCUT2D eigenvalue weighted by Gasteiger charge is 2.32. The Labute approximate surface area is 261 Å². The number of fused-ring (bicyclic) bond motifs is 2. The smallest absolute Gasteiger partial charge is 0.337 e. The summed E-state index contributed by atoms with van der Waals surface area (Å²) in [4.78, 5) is 17.6. The zero-order chi connectivity index (χ0) is 31.1. The number of aliphatic carboxylic acids is 1. The molecule has 226 valence electrons. The van der Waals surface area contributed by atoms with Crippen molar-refractivity contribution in [3.05, 3.63) is 76.4 Å². The maximum atomic E-state index is 12.6. The monoisotopic (exact) mass is 619 g/mol. The predicted octanol–water partition coefficient (Wildman–Crippen LogP) is 7.90. The lowest BCUT2D eigenvalue weighted by Crippen LogP contribution is -2.32. The average Bonchev–Trinajstić information content (AvgIpc) is 3.51. The van der Waals surface area contributed by atoms with E-state index in [-0.39, 0.29) is 12.1 Å². The number of carboxylic acid groups (broad SMARTS) is 1. The first-order valence-corrected chi connectivity index (χ1v) is 15.5. The number of hydrogen-bond acceptors (Lipinski definition) is 7. The number of ether oxygens (including phenoxy) is 1. The Balaban J connectivity index is 1.56. The van der Waals surface area contributed by atoms with E-state index < -0.39 is 17.7 Å². The Morgan fingerprint density at radius 3 is 2.51 bits per heavy atom. The number of nitrogens with one attached hydrogen (secondary N) is 2. The molecule has 0 bridgehead atoms. The largest absolute Gasteiger partial charge is 0.479 e. The van der Waals surface area contributed by atoms with Crippen molar-refractivity contribution in [2.45, 2.75) is 65.3 Å². The van der Waals surface area contributed by atoms with Crippen molar-refractivity contribution in [2.24, 2.45) is 7.05 Å². The molecule has 0 saturated heterocycles. The number of hydrogen-bond donors (Lipinski definition) is 3. The van der Waals surface area contributed by atoms with Crippen LogP contribution in [0.2, 0.25) is 5.02 Å². The summed E-state index contributed by atoms with van der Waals surface area (Å²) in [5, 5.41) is 24.4. The molecule has 10 heteroatoms. The van der Waals surface area contributed by atoms with E-state index >= 15 is 0 Å². The van der Waals surface area contributed by atoms with Gasteiger partial charge in [-0.25, -0.2) is 9.78 Å². The second-order valence-electron chi connectivity index (χ2n) is 12.1. The van der Waals surface area contributed by atoms with Crippen LogP contribution in [-0.4, -0.2) is 44.0 Å². The van der Waals surface area contributed by atoms with E-state index in [0.717, 1.165) is 48.5 Å². The summed E-state index contributed by atoms with van der Waals surface area (Å²) in [7, 11) is 1.94. The molecule has 43 heavy (non-hydrogen) atoms. The standard InChI is InChI=1S/C33H38ClN5O3S/c1-18(2)37-25(21-10-13-26-22(15-21)16-36-39(26)7)17-35-32-38-24-14-19(3)27(29(31(40)41)42-33(4,5)6)28(30(24)43-32)20-8-11-23(34)12-9-20/h8-16,18,25,29,37H,17H2,1-7H3,(H,35,38)(H,40,41)/t25?,29-/m0/s1. The van der Waals surface area contributed by atoms with Gasteiger partial charge in [-0.1, -0.05) is 55.0 Å². The number of nitrogens with zero attached hydrogens (tertiary/aromatic N) is 3. The Bertz CT molecular complexity index is 1770. The number of aromatic nitrogens is 3. The normalized spacial score (nSPS) is 13.6. The van der Waals surface area contributed by atoms with E-state index in [1.54, 1.807) is 0 Å². The van der Waals surface area contributed by atoms with Crippen molar-refractivity contribution in [2.75, 3.05) is 11.9 Å². The summed E-state index contributed by atoms with van der Waals surface area (Å²) in [5.74, 6) is -1.04. The number of thiazole rings is 1. The van der Waals surface area contributed by atoms with E-state index in [1.807, 2.05) is 76.0 Å². The van der Waals surface area contributed by atoms with Crippen LogP contribution >= 0.6 is 22.9 Å². The molecule has 3 N–H and O–H groups in total. The first-order chi connectivity index (χ1) is 20.3. The highest BCUT2D eigenvalue weighted by atomic mass is 35.5. The van der Waals surface area contributed by atoms with Crippen molar-refractivity contribution in [1.82, 2.24) is 20.1 Å². The minimum absolute atomic E-state index is 0.0289. The van der Waals surface area contributed by atoms with Crippen LogP contribution < -0.4 is 10.6 Å². The van der Waals surface area contributed by atoms with Gasteiger partial charge in [0.2, 0.25) is 0 Å². The van der Waals surface area contributed by atoms with Gasteiger partial charge in [0.25, 0.3) is 0 Å². The fourth-order valence-electron chi connectivity index (χ4n) is 5.38. The van der Waals surface area contributed by atoms with Gasteiger partial charge in [0, 0.05) is 47.2 Å². The minimum Gasteiger partial charge on any atom is -0.479 e. The van der Waals surface area contributed by atoms with Gasteiger partial charge in [-0.15, -0.1) is 0 Å². The van der Waals surface area contributed by atoms with Gasteiger partial charge in [0.1, 0.15) is 0 Å². The van der Waals surface area contributed by atoms with Crippen LogP contribution in [0.15, 0.2) is 54.7 Å². The van der Waals surface area contributed by atoms with Gasteiger partial charge in [-0.2, -0.15) is 5.10 Å². The summed E-state index contributed by atoms with van der Waals surface area (Å²) < 4.78 is 8.90. The third-order valence-electron chi connectivity index (χ3n) is 7.18. The molecule has 2 heterocycles. The lowest BCUT2D eigenvalue weighted by molar-refractivity contribution is -0.160. The van der Waals surface area contributed by atoms with E-state index in [4.69, 9.17) is 21.3 Å². The molecular weight excluding hydrogens is 582 g/mol. The van der Waals surface area contributed by atoms with Gasteiger partial charge in [0.05, 0.1) is 27.5 Å². The first-order valence-electron chi connectivity index (χ1n) is 14.3. The highest BCUT2D eigenvalue weighted by molar-refractivity contribution is 7.22. The molecule has 0 aliphatic heterocycles. The molecule has 3 aromatic carbocycles. The number of benzene rings is 3. The van der Waals surface area contributed by atoms with E-state index in [2.05, 4.69) is 47.8 Å².